The van der Waals surface area contributed by atoms with Crippen LogP contribution in [0.25, 0.3) is 0 Å². The third kappa shape index (κ3) is 10.2. The molecule has 0 heterocycles. The van der Waals surface area contributed by atoms with Crippen molar-refractivity contribution in [2.24, 2.45) is 0 Å². The van der Waals surface area contributed by atoms with Gasteiger partial charge in [-0.15, -0.1) is 0 Å². The molecule has 0 aliphatic heterocycles. The highest BCUT2D eigenvalue weighted by molar-refractivity contribution is 5.69. The fourth-order valence-corrected chi connectivity index (χ4v) is 1.05. The van der Waals surface area contributed by atoms with Crippen molar-refractivity contribution in [2.75, 3.05) is 60.7 Å². The summed E-state index contributed by atoms with van der Waals surface area (Å²) in [6.07, 6.45) is 0.302. The highest BCUT2D eigenvalue weighted by Crippen LogP contribution is 1.95. The molecule has 0 rings (SSSR count). The minimum Gasteiger partial charge on any atom is -0.469 e. The van der Waals surface area contributed by atoms with Crippen LogP contribution in [0.15, 0.2) is 0 Å². The Hall–Kier alpha value is -0.650. The first-order chi connectivity index (χ1) is 8.02. The summed E-state index contributed by atoms with van der Waals surface area (Å²) in [5, 5.41) is 0. The lowest BCUT2D eigenvalue weighted by atomic mass is 10.4. The van der Waals surface area contributed by atoms with Crippen molar-refractivity contribution in [1.29, 1.82) is 0 Å². The molecule has 5 heteroatoms. The number of esters is 1. The van der Waals surface area contributed by atoms with Crippen molar-refractivity contribution in [2.45, 2.75) is 13.3 Å². The van der Waals surface area contributed by atoms with Crippen molar-refractivity contribution >= 4 is 5.97 Å². The van der Waals surface area contributed by atoms with E-state index in [0.29, 0.717) is 26.2 Å². The Bertz CT molecular complexity index is 207. The number of likely N-dealkylation sites (N-methyl/N-ethyl adjacent to an activating group) is 1. The highest BCUT2D eigenvalue weighted by atomic mass is 16.5. The maximum atomic E-state index is 10.8. The van der Waals surface area contributed by atoms with Gasteiger partial charge in [-0.05, 0) is 6.92 Å². The van der Waals surface area contributed by atoms with Crippen LogP contribution in [0.5, 0.6) is 0 Å². The maximum Gasteiger partial charge on any atom is 0.307 e. The molecule has 102 valence electrons. The van der Waals surface area contributed by atoms with Crippen LogP contribution in [-0.4, -0.2) is 71.2 Å². The van der Waals surface area contributed by atoms with Crippen molar-refractivity contribution in [3.05, 3.63) is 0 Å². The predicted molar refractivity (Wildman–Crippen MR) is 65.8 cm³/mol. The van der Waals surface area contributed by atoms with Crippen LogP contribution in [0.2, 0.25) is 0 Å². The number of quaternary nitrogens is 1. The summed E-state index contributed by atoms with van der Waals surface area (Å²) < 4.78 is 16.1. The van der Waals surface area contributed by atoms with Crippen molar-refractivity contribution in [1.82, 2.24) is 0 Å². The van der Waals surface area contributed by atoms with Crippen LogP contribution >= 0.6 is 0 Å². The van der Waals surface area contributed by atoms with E-state index in [2.05, 4.69) is 25.8 Å². The highest BCUT2D eigenvalue weighted by Gasteiger charge is 2.10. The molecular formula is C12H26NO4+. The predicted octanol–water partition coefficient (Wildman–Crippen LogP) is 0.679. The standard InChI is InChI=1S/C12H26NO4/c1-5-13(2,3)7-9-17-11-10-16-8-6-12(14)15-4/h5-11H2,1-4H3/q+1. The number of nitrogens with zero attached hydrogens (tertiary/aromatic N) is 1. The number of rotatable bonds is 10. The van der Waals surface area contributed by atoms with Crippen molar-refractivity contribution in [3.63, 3.8) is 0 Å². The van der Waals surface area contributed by atoms with E-state index in [1.54, 1.807) is 0 Å². The summed E-state index contributed by atoms with van der Waals surface area (Å²) in [6.45, 7) is 6.49. The van der Waals surface area contributed by atoms with Gasteiger partial charge in [0.25, 0.3) is 0 Å². The number of ether oxygens (including phenoxy) is 3. The summed E-state index contributed by atoms with van der Waals surface area (Å²) in [6, 6.07) is 0. The minimum atomic E-state index is -0.243. The molecule has 0 atom stereocenters. The summed E-state index contributed by atoms with van der Waals surface area (Å²) in [5.74, 6) is -0.243. The molecule has 0 radical (unpaired) electrons. The van der Waals surface area contributed by atoms with E-state index in [4.69, 9.17) is 9.47 Å². The topological polar surface area (TPSA) is 44.8 Å². The van der Waals surface area contributed by atoms with Gasteiger partial charge in [0.15, 0.2) is 0 Å². The number of hydrogen-bond acceptors (Lipinski definition) is 4. The maximum absolute atomic E-state index is 10.8. The zero-order valence-electron chi connectivity index (χ0n) is 11.5. The molecule has 0 fully saturated rings. The smallest absolute Gasteiger partial charge is 0.307 e. The second-order valence-corrected chi connectivity index (χ2v) is 4.53. The van der Waals surface area contributed by atoms with Crippen molar-refractivity contribution in [3.8, 4) is 0 Å². The Kier molecular flexibility index (Phi) is 9.03. The summed E-state index contributed by atoms with van der Waals surface area (Å²) in [4.78, 5) is 10.8. The average molecular weight is 248 g/mol. The molecule has 0 aliphatic carbocycles. The van der Waals surface area contributed by atoms with Gasteiger partial charge in [-0.1, -0.05) is 0 Å². The Morgan fingerprint density at radius 3 is 2.18 bits per heavy atom. The summed E-state index contributed by atoms with van der Waals surface area (Å²) in [7, 11) is 5.73. The molecule has 0 N–H and O–H groups in total. The lowest BCUT2D eigenvalue weighted by Gasteiger charge is -2.27. The van der Waals surface area contributed by atoms with Crippen LogP contribution in [0, 0.1) is 0 Å². The molecule has 0 aromatic heterocycles. The fourth-order valence-electron chi connectivity index (χ4n) is 1.05. The van der Waals surface area contributed by atoms with Crippen LogP contribution in [0.3, 0.4) is 0 Å². The zero-order valence-corrected chi connectivity index (χ0v) is 11.5. The van der Waals surface area contributed by atoms with E-state index in [1.807, 2.05) is 0 Å². The van der Waals surface area contributed by atoms with Gasteiger partial charge in [0, 0.05) is 0 Å². The Balaban J connectivity index is 3.22. The molecule has 0 amide bonds. The van der Waals surface area contributed by atoms with Gasteiger partial charge in [0.05, 0.1) is 60.6 Å². The van der Waals surface area contributed by atoms with Crippen LogP contribution in [0.4, 0.5) is 0 Å². The average Bonchev–Trinajstić information content (AvgIpc) is 2.32. The van der Waals surface area contributed by atoms with E-state index in [9.17, 15) is 4.79 Å². The van der Waals surface area contributed by atoms with Gasteiger partial charge < -0.3 is 18.7 Å². The molecule has 0 saturated carbocycles. The van der Waals surface area contributed by atoms with E-state index in [1.165, 1.54) is 7.11 Å². The number of carbonyl (C=O) groups is 1. The first-order valence-corrected chi connectivity index (χ1v) is 6.06. The molecule has 0 spiro atoms. The lowest BCUT2D eigenvalue weighted by molar-refractivity contribution is -0.888. The molecular weight excluding hydrogens is 222 g/mol. The first kappa shape index (κ1) is 16.4. The van der Waals surface area contributed by atoms with Crippen LogP contribution in [-0.2, 0) is 19.0 Å². The number of methoxy groups -OCH3 is 1. The second kappa shape index (κ2) is 9.39. The fraction of sp³-hybridized carbons (Fsp3) is 0.917. The molecule has 0 bridgehead atoms. The third-order valence-electron chi connectivity index (χ3n) is 2.75. The quantitative estimate of drug-likeness (QED) is 0.324. The van der Waals surface area contributed by atoms with Crippen molar-refractivity contribution < 1.29 is 23.5 Å². The monoisotopic (exact) mass is 248 g/mol. The summed E-state index contributed by atoms with van der Waals surface area (Å²) >= 11 is 0. The Morgan fingerprint density at radius 2 is 1.65 bits per heavy atom. The van der Waals surface area contributed by atoms with E-state index in [0.717, 1.165) is 24.2 Å². The molecule has 0 aliphatic rings. The minimum absolute atomic E-state index is 0.243. The molecule has 0 saturated heterocycles. The molecule has 0 aromatic carbocycles. The molecule has 0 aromatic rings. The SMILES string of the molecule is CC[N+](C)(C)CCOCCOCCC(=O)OC. The van der Waals surface area contributed by atoms with Gasteiger partial charge in [-0.2, -0.15) is 0 Å². The zero-order chi connectivity index (χ0) is 13.1. The first-order valence-electron chi connectivity index (χ1n) is 6.06. The van der Waals surface area contributed by atoms with Crippen LogP contribution in [0.1, 0.15) is 13.3 Å². The van der Waals surface area contributed by atoms with Gasteiger partial charge in [-0.3, -0.25) is 4.79 Å². The number of carbonyl (C=O) groups excluding carboxylic acids is 1. The lowest BCUT2D eigenvalue weighted by Crippen LogP contribution is -2.42. The van der Waals surface area contributed by atoms with Gasteiger partial charge in [0.2, 0.25) is 0 Å². The molecule has 17 heavy (non-hydrogen) atoms. The number of hydrogen-bond donors (Lipinski definition) is 0. The van der Waals surface area contributed by atoms with Gasteiger partial charge in [-0.25, -0.2) is 0 Å². The van der Waals surface area contributed by atoms with E-state index >= 15 is 0 Å². The third-order valence-corrected chi connectivity index (χ3v) is 2.75. The Morgan fingerprint density at radius 1 is 1.06 bits per heavy atom. The largest absolute Gasteiger partial charge is 0.469 e. The van der Waals surface area contributed by atoms with E-state index < -0.39 is 0 Å². The normalized spacial score (nSPS) is 11.5. The van der Waals surface area contributed by atoms with E-state index in [-0.39, 0.29) is 5.97 Å². The van der Waals surface area contributed by atoms with Crippen LogP contribution < -0.4 is 0 Å². The Labute approximate surface area is 104 Å². The summed E-state index contributed by atoms with van der Waals surface area (Å²) in [5.41, 5.74) is 0. The van der Waals surface area contributed by atoms with Gasteiger partial charge >= 0.3 is 5.97 Å². The molecule has 5 nitrogen and oxygen atoms in total. The second-order valence-electron chi connectivity index (χ2n) is 4.53. The van der Waals surface area contributed by atoms with Gasteiger partial charge in [0.1, 0.15) is 6.54 Å². The molecule has 0 unspecified atom stereocenters.